The van der Waals surface area contributed by atoms with Crippen LogP contribution in [0.5, 0.6) is 0 Å². The van der Waals surface area contributed by atoms with Crippen molar-refractivity contribution in [2.45, 2.75) is 24.2 Å². The van der Waals surface area contributed by atoms with E-state index in [4.69, 9.17) is 0 Å². The molecule has 2 N–H and O–H groups in total. The highest BCUT2D eigenvalue weighted by Gasteiger charge is 2.29. The Morgan fingerprint density at radius 1 is 1.07 bits per heavy atom. The molecule has 0 bridgehead atoms. The third-order valence-electron chi connectivity index (χ3n) is 4.97. The predicted molar refractivity (Wildman–Crippen MR) is 106 cm³/mol. The number of sulfonamides is 1. The number of hydrogen-bond acceptors (Lipinski definition) is 3. The van der Waals surface area contributed by atoms with E-state index in [0.717, 1.165) is 18.2 Å². The molecule has 0 radical (unpaired) electrons. The molecule has 9 heteroatoms. The van der Waals surface area contributed by atoms with Gasteiger partial charge in [0.1, 0.15) is 11.6 Å². The fourth-order valence-corrected chi connectivity index (χ4v) is 4.82. The molecule has 0 aliphatic carbocycles. The molecule has 0 saturated carbocycles. The van der Waals surface area contributed by atoms with Gasteiger partial charge in [0.05, 0.1) is 10.6 Å². The van der Waals surface area contributed by atoms with Gasteiger partial charge in [-0.2, -0.15) is 4.31 Å². The highest BCUT2D eigenvalue weighted by atomic mass is 32.2. The van der Waals surface area contributed by atoms with E-state index in [2.05, 4.69) is 10.6 Å². The van der Waals surface area contributed by atoms with Crippen molar-refractivity contribution >= 4 is 21.7 Å². The van der Waals surface area contributed by atoms with Crippen molar-refractivity contribution < 1.29 is 22.0 Å². The lowest BCUT2D eigenvalue weighted by molar-refractivity contribution is 0.245. The van der Waals surface area contributed by atoms with Gasteiger partial charge in [-0.25, -0.2) is 22.0 Å². The third kappa shape index (κ3) is 5.51. The second-order valence-corrected chi connectivity index (χ2v) is 8.89. The summed E-state index contributed by atoms with van der Waals surface area (Å²) in [6.45, 7) is 1.23. The summed E-state index contributed by atoms with van der Waals surface area (Å²) in [5.41, 5.74) is -0.220. The summed E-state index contributed by atoms with van der Waals surface area (Å²) in [5.74, 6) is -1.07. The molecule has 1 aliphatic heterocycles. The van der Waals surface area contributed by atoms with Crippen LogP contribution in [0.2, 0.25) is 0 Å². The topological polar surface area (TPSA) is 78.5 Å². The van der Waals surface area contributed by atoms with Gasteiger partial charge in [0.15, 0.2) is 0 Å². The Labute approximate surface area is 169 Å². The van der Waals surface area contributed by atoms with Crippen LogP contribution in [0.15, 0.2) is 53.4 Å². The number of benzene rings is 2. The summed E-state index contributed by atoms with van der Waals surface area (Å²) in [6, 6.07) is 10.6. The van der Waals surface area contributed by atoms with Crippen molar-refractivity contribution in [1.82, 2.24) is 9.62 Å². The Balaban J connectivity index is 1.42. The van der Waals surface area contributed by atoms with E-state index >= 15 is 0 Å². The molecule has 156 valence electrons. The fraction of sp³-hybridized carbons (Fsp3) is 0.350. The number of nitrogens with zero attached hydrogens (tertiary/aromatic N) is 1. The van der Waals surface area contributed by atoms with E-state index in [0.29, 0.717) is 43.8 Å². The fourth-order valence-electron chi connectivity index (χ4n) is 3.33. The minimum atomic E-state index is -3.47. The van der Waals surface area contributed by atoms with Crippen LogP contribution in [0.3, 0.4) is 0 Å². The molecule has 1 saturated heterocycles. The largest absolute Gasteiger partial charge is 0.338 e. The van der Waals surface area contributed by atoms with Gasteiger partial charge in [-0.15, -0.1) is 0 Å². The highest BCUT2D eigenvalue weighted by molar-refractivity contribution is 7.89. The van der Waals surface area contributed by atoms with Crippen LogP contribution in [0, 0.1) is 17.6 Å². The number of urea groups is 1. The summed E-state index contributed by atoms with van der Waals surface area (Å²) in [4.78, 5) is 12.2. The SMILES string of the molecule is O=C(NCCC1CCN(S(=O)(=O)c2ccccc2)CC1)Nc1cc(F)ccc1F. The van der Waals surface area contributed by atoms with Crippen LogP contribution in [0.4, 0.5) is 19.3 Å². The summed E-state index contributed by atoms with van der Waals surface area (Å²) in [7, 11) is -3.47. The molecule has 3 rings (SSSR count). The molecule has 0 unspecified atom stereocenters. The Hall–Kier alpha value is -2.52. The Morgan fingerprint density at radius 2 is 1.76 bits per heavy atom. The maximum absolute atomic E-state index is 13.5. The zero-order valence-corrected chi connectivity index (χ0v) is 16.6. The number of anilines is 1. The third-order valence-corrected chi connectivity index (χ3v) is 6.88. The lowest BCUT2D eigenvalue weighted by Gasteiger charge is -2.31. The van der Waals surface area contributed by atoms with E-state index < -0.39 is 27.7 Å². The van der Waals surface area contributed by atoms with Crippen molar-refractivity contribution in [3.63, 3.8) is 0 Å². The molecular weight excluding hydrogens is 400 g/mol. The van der Waals surface area contributed by atoms with Gasteiger partial charge in [-0.05, 0) is 49.4 Å². The zero-order valence-electron chi connectivity index (χ0n) is 15.8. The van der Waals surface area contributed by atoms with Gasteiger partial charge in [0.2, 0.25) is 10.0 Å². The molecule has 2 aromatic carbocycles. The van der Waals surface area contributed by atoms with Crippen LogP contribution in [-0.2, 0) is 10.0 Å². The van der Waals surface area contributed by atoms with E-state index in [1.54, 1.807) is 30.3 Å². The minimum absolute atomic E-state index is 0.220. The molecule has 0 spiro atoms. The zero-order chi connectivity index (χ0) is 20.9. The second kappa shape index (κ2) is 9.32. The molecule has 2 aromatic rings. The molecule has 0 aromatic heterocycles. The summed E-state index contributed by atoms with van der Waals surface area (Å²) in [5, 5.41) is 4.90. The van der Waals surface area contributed by atoms with Crippen molar-refractivity contribution in [1.29, 1.82) is 0 Å². The van der Waals surface area contributed by atoms with Crippen molar-refractivity contribution in [2.24, 2.45) is 5.92 Å². The molecule has 1 aliphatic rings. The number of carbonyl (C=O) groups is 1. The Morgan fingerprint density at radius 3 is 2.45 bits per heavy atom. The van der Waals surface area contributed by atoms with Crippen molar-refractivity contribution in [2.75, 3.05) is 25.0 Å². The first-order valence-electron chi connectivity index (χ1n) is 9.41. The number of carbonyl (C=O) groups excluding carboxylic acids is 1. The molecule has 1 heterocycles. The standard InChI is InChI=1S/C20H23F2N3O3S/c21-16-6-7-18(22)19(14-16)24-20(26)23-11-8-15-9-12-25(13-10-15)29(27,28)17-4-2-1-3-5-17/h1-7,14-15H,8-13H2,(H2,23,24,26). The number of hydrogen-bond donors (Lipinski definition) is 2. The van der Waals surface area contributed by atoms with E-state index in [1.807, 2.05) is 0 Å². The number of rotatable bonds is 6. The summed E-state index contributed by atoms with van der Waals surface area (Å²) < 4.78 is 53.4. The minimum Gasteiger partial charge on any atom is -0.338 e. The van der Waals surface area contributed by atoms with E-state index in [9.17, 15) is 22.0 Å². The number of nitrogens with one attached hydrogen (secondary N) is 2. The van der Waals surface area contributed by atoms with E-state index in [1.165, 1.54) is 4.31 Å². The van der Waals surface area contributed by atoms with Crippen molar-refractivity contribution in [3.05, 3.63) is 60.2 Å². The summed E-state index contributed by atoms with van der Waals surface area (Å²) >= 11 is 0. The van der Waals surface area contributed by atoms with Crippen LogP contribution in [0.1, 0.15) is 19.3 Å². The second-order valence-electron chi connectivity index (χ2n) is 6.95. The molecule has 1 fully saturated rings. The lowest BCUT2D eigenvalue weighted by atomic mass is 9.95. The van der Waals surface area contributed by atoms with Gasteiger partial charge in [0.25, 0.3) is 0 Å². The predicted octanol–water partition coefficient (Wildman–Crippen LogP) is 3.58. The van der Waals surface area contributed by atoms with Gasteiger partial charge < -0.3 is 10.6 Å². The normalized spacial score (nSPS) is 15.8. The smallest absolute Gasteiger partial charge is 0.319 e. The number of halogens is 2. The first-order chi connectivity index (χ1) is 13.9. The van der Waals surface area contributed by atoms with Crippen LogP contribution in [-0.4, -0.2) is 38.4 Å². The average Bonchev–Trinajstić information content (AvgIpc) is 2.72. The van der Waals surface area contributed by atoms with Crippen LogP contribution < -0.4 is 10.6 Å². The molecule has 29 heavy (non-hydrogen) atoms. The molecule has 6 nitrogen and oxygen atoms in total. The quantitative estimate of drug-likeness (QED) is 0.746. The van der Waals surface area contributed by atoms with E-state index in [-0.39, 0.29) is 11.6 Å². The Kier molecular flexibility index (Phi) is 6.81. The van der Waals surface area contributed by atoms with Gasteiger partial charge >= 0.3 is 6.03 Å². The molecule has 2 amide bonds. The first kappa shape index (κ1) is 21.2. The lowest BCUT2D eigenvalue weighted by Crippen LogP contribution is -2.39. The molecular formula is C20H23F2N3O3S. The monoisotopic (exact) mass is 423 g/mol. The maximum Gasteiger partial charge on any atom is 0.319 e. The highest BCUT2D eigenvalue weighted by Crippen LogP contribution is 2.25. The number of amides is 2. The molecule has 0 atom stereocenters. The first-order valence-corrected chi connectivity index (χ1v) is 10.9. The summed E-state index contributed by atoms with van der Waals surface area (Å²) in [6.07, 6.45) is 2.08. The van der Waals surface area contributed by atoms with Crippen molar-refractivity contribution in [3.8, 4) is 0 Å². The van der Waals surface area contributed by atoms with Gasteiger partial charge in [-0.1, -0.05) is 18.2 Å². The average molecular weight is 423 g/mol. The Bertz CT molecular complexity index is 947. The van der Waals surface area contributed by atoms with Crippen LogP contribution in [0.25, 0.3) is 0 Å². The number of piperidine rings is 1. The van der Waals surface area contributed by atoms with Crippen LogP contribution >= 0.6 is 0 Å². The maximum atomic E-state index is 13.5. The van der Waals surface area contributed by atoms with Gasteiger partial charge in [-0.3, -0.25) is 0 Å². The van der Waals surface area contributed by atoms with Gasteiger partial charge in [0, 0.05) is 25.7 Å².